The molecule has 0 aliphatic heterocycles. The van der Waals surface area contributed by atoms with Crippen molar-refractivity contribution in [3.8, 4) is 0 Å². The summed E-state index contributed by atoms with van der Waals surface area (Å²) in [4.78, 5) is 23.8. The Morgan fingerprint density at radius 1 is 0.643 bits per heavy atom. The molecule has 0 fully saturated rings. The lowest BCUT2D eigenvalue weighted by atomic mass is 10.1. The molecule has 0 aliphatic rings. The first kappa shape index (κ1) is 24.2. The van der Waals surface area contributed by atoms with E-state index in [-0.39, 0.29) is 25.2 Å². The number of unbranched alkanes of at least 4 members (excludes halogenated alkanes) is 8. The molecule has 4 heteroatoms. The van der Waals surface area contributed by atoms with Crippen LogP contribution < -0.4 is 0 Å². The van der Waals surface area contributed by atoms with E-state index >= 15 is 0 Å². The Hall–Kier alpha value is -1.84. The summed E-state index contributed by atoms with van der Waals surface area (Å²) in [6, 6.07) is 7.66. The first-order valence-corrected chi connectivity index (χ1v) is 11.0. The standard InChI is InChI=1S/C24H38O4/c1-3-5-7-9-11-17-23(25)27-19-21-15-13-14-16-22(21)20-28-24(26)18-12-10-8-6-4-2/h13-16H,3-12,17-20H2,1-2H3. The molecule has 1 aromatic carbocycles. The molecule has 0 aromatic heterocycles. The number of benzene rings is 1. The van der Waals surface area contributed by atoms with Crippen molar-refractivity contribution in [2.75, 3.05) is 0 Å². The van der Waals surface area contributed by atoms with E-state index in [0.29, 0.717) is 12.8 Å². The summed E-state index contributed by atoms with van der Waals surface area (Å²) in [5.41, 5.74) is 1.80. The van der Waals surface area contributed by atoms with Gasteiger partial charge in [0.1, 0.15) is 13.2 Å². The van der Waals surface area contributed by atoms with Gasteiger partial charge in [-0.25, -0.2) is 0 Å². The van der Waals surface area contributed by atoms with Gasteiger partial charge in [0.05, 0.1) is 0 Å². The predicted molar refractivity (Wildman–Crippen MR) is 113 cm³/mol. The van der Waals surface area contributed by atoms with Gasteiger partial charge in [0.2, 0.25) is 0 Å². The third-order valence-corrected chi connectivity index (χ3v) is 4.86. The van der Waals surface area contributed by atoms with Gasteiger partial charge in [0.15, 0.2) is 0 Å². The molecule has 0 atom stereocenters. The molecular formula is C24H38O4. The van der Waals surface area contributed by atoms with Crippen LogP contribution in [0.4, 0.5) is 0 Å². The smallest absolute Gasteiger partial charge is 0.306 e. The number of carbonyl (C=O) groups is 2. The number of carbonyl (C=O) groups excluding carboxylic acids is 2. The zero-order valence-electron chi connectivity index (χ0n) is 17.8. The first-order valence-electron chi connectivity index (χ1n) is 11.0. The van der Waals surface area contributed by atoms with Crippen molar-refractivity contribution in [2.45, 2.75) is 104 Å². The number of esters is 2. The van der Waals surface area contributed by atoms with Gasteiger partial charge >= 0.3 is 11.9 Å². The van der Waals surface area contributed by atoms with E-state index in [1.165, 1.54) is 38.5 Å². The van der Waals surface area contributed by atoms with Crippen molar-refractivity contribution < 1.29 is 19.1 Å². The molecule has 0 spiro atoms. The summed E-state index contributed by atoms with van der Waals surface area (Å²) < 4.78 is 10.8. The van der Waals surface area contributed by atoms with E-state index in [0.717, 1.165) is 36.8 Å². The molecule has 0 N–H and O–H groups in total. The summed E-state index contributed by atoms with van der Waals surface area (Å²) >= 11 is 0. The Balaban J connectivity index is 2.29. The summed E-state index contributed by atoms with van der Waals surface area (Å²) in [5, 5.41) is 0. The number of ether oxygens (including phenoxy) is 2. The second-order valence-electron chi connectivity index (χ2n) is 7.42. The largest absolute Gasteiger partial charge is 0.461 e. The molecular weight excluding hydrogens is 352 g/mol. The maximum atomic E-state index is 11.9. The highest BCUT2D eigenvalue weighted by Crippen LogP contribution is 2.14. The van der Waals surface area contributed by atoms with Gasteiger partial charge in [-0.1, -0.05) is 89.5 Å². The van der Waals surface area contributed by atoms with Crippen LogP contribution in [-0.2, 0) is 32.3 Å². The topological polar surface area (TPSA) is 52.6 Å². The van der Waals surface area contributed by atoms with Gasteiger partial charge in [-0.2, -0.15) is 0 Å². The van der Waals surface area contributed by atoms with E-state index in [1.54, 1.807) is 0 Å². The van der Waals surface area contributed by atoms with Crippen LogP contribution in [0.15, 0.2) is 24.3 Å². The van der Waals surface area contributed by atoms with Crippen LogP contribution in [0.5, 0.6) is 0 Å². The minimum Gasteiger partial charge on any atom is -0.461 e. The Bertz CT molecular complexity index is 504. The van der Waals surface area contributed by atoms with Crippen LogP contribution >= 0.6 is 0 Å². The highest BCUT2D eigenvalue weighted by atomic mass is 16.5. The Morgan fingerprint density at radius 2 is 1.04 bits per heavy atom. The van der Waals surface area contributed by atoms with Crippen molar-refractivity contribution in [3.05, 3.63) is 35.4 Å². The average Bonchev–Trinajstić information content (AvgIpc) is 2.71. The zero-order chi connectivity index (χ0) is 20.5. The lowest BCUT2D eigenvalue weighted by Gasteiger charge is -2.11. The van der Waals surface area contributed by atoms with Crippen molar-refractivity contribution in [1.29, 1.82) is 0 Å². The summed E-state index contributed by atoms with van der Waals surface area (Å²) in [6.45, 7) is 4.82. The minimum atomic E-state index is -0.157. The number of rotatable bonds is 16. The fourth-order valence-electron chi connectivity index (χ4n) is 3.05. The van der Waals surface area contributed by atoms with Crippen LogP contribution in [0, 0.1) is 0 Å². The first-order chi connectivity index (χ1) is 13.7. The fraction of sp³-hybridized carbons (Fsp3) is 0.667. The molecule has 0 amide bonds. The fourth-order valence-corrected chi connectivity index (χ4v) is 3.05. The highest BCUT2D eigenvalue weighted by Gasteiger charge is 2.09. The van der Waals surface area contributed by atoms with Gasteiger partial charge in [-0.15, -0.1) is 0 Å². The molecule has 4 nitrogen and oxygen atoms in total. The average molecular weight is 391 g/mol. The molecule has 0 saturated heterocycles. The molecule has 0 heterocycles. The van der Waals surface area contributed by atoms with E-state index < -0.39 is 0 Å². The van der Waals surface area contributed by atoms with Crippen molar-refractivity contribution in [3.63, 3.8) is 0 Å². The Kier molecular flexibility index (Phi) is 14.0. The molecule has 1 rings (SSSR count). The third kappa shape index (κ3) is 11.8. The lowest BCUT2D eigenvalue weighted by molar-refractivity contribution is -0.146. The van der Waals surface area contributed by atoms with Crippen molar-refractivity contribution >= 4 is 11.9 Å². The SMILES string of the molecule is CCCCCCCC(=O)OCc1ccccc1COC(=O)CCCCCCC. The highest BCUT2D eigenvalue weighted by molar-refractivity contribution is 5.69. The van der Waals surface area contributed by atoms with Gasteiger partial charge in [0, 0.05) is 12.8 Å². The monoisotopic (exact) mass is 390 g/mol. The van der Waals surface area contributed by atoms with E-state index in [9.17, 15) is 9.59 Å². The molecule has 0 aliphatic carbocycles. The minimum absolute atomic E-state index is 0.157. The second-order valence-corrected chi connectivity index (χ2v) is 7.42. The Morgan fingerprint density at radius 3 is 1.43 bits per heavy atom. The van der Waals surface area contributed by atoms with Crippen LogP contribution in [0.25, 0.3) is 0 Å². The van der Waals surface area contributed by atoms with Gasteiger partial charge in [-0.05, 0) is 24.0 Å². The van der Waals surface area contributed by atoms with Crippen LogP contribution in [0.2, 0.25) is 0 Å². The molecule has 28 heavy (non-hydrogen) atoms. The van der Waals surface area contributed by atoms with Crippen LogP contribution in [0.1, 0.15) is 102 Å². The molecule has 1 aromatic rings. The van der Waals surface area contributed by atoms with Crippen molar-refractivity contribution in [2.24, 2.45) is 0 Å². The molecule has 0 bridgehead atoms. The Labute approximate surface area is 171 Å². The van der Waals surface area contributed by atoms with Gasteiger partial charge in [-0.3, -0.25) is 9.59 Å². The van der Waals surface area contributed by atoms with Gasteiger partial charge < -0.3 is 9.47 Å². The number of hydrogen-bond donors (Lipinski definition) is 0. The summed E-state index contributed by atoms with van der Waals surface area (Å²) in [5.74, 6) is -0.314. The molecule has 0 saturated carbocycles. The van der Waals surface area contributed by atoms with E-state index in [2.05, 4.69) is 13.8 Å². The van der Waals surface area contributed by atoms with Crippen LogP contribution in [0.3, 0.4) is 0 Å². The maximum Gasteiger partial charge on any atom is 0.306 e. The van der Waals surface area contributed by atoms with Gasteiger partial charge in [0.25, 0.3) is 0 Å². The zero-order valence-corrected chi connectivity index (χ0v) is 17.8. The van der Waals surface area contributed by atoms with E-state index in [4.69, 9.17) is 9.47 Å². The molecule has 158 valence electrons. The predicted octanol–water partition coefficient (Wildman–Crippen LogP) is 6.49. The molecule has 0 radical (unpaired) electrons. The lowest BCUT2D eigenvalue weighted by Crippen LogP contribution is -2.08. The second kappa shape index (κ2) is 16.1. The summed E-state index contributed by atoms with van der Waals surface area (Å²) in [6.07, 6.45) is 12.1. The van der Waals surface area contributed by atoms with Crippen molar-refractivity contribution in [1.82, 2.24) is 0 Å². The van der Waals surface area contributed by atoms with E-state index in [1.807, 2.05) is 24.3 Å². The quantitative estimate of drug-likeness (QED) is 0.239. The van der Waals surface area contributed by atoms with Crippen LogP contribution in [-0.4, -0.2) is 11.9 Å². The summed E-state index contributed by atoms with van der Waals surface area (Å²) in [7, 11) is 0. The third-order valence-electron chi connectivity index (χ3n) is 4.86. The molecule has 0 unspecified atom stereocenters. The number of hydrogen-bond acceptors (Lipinski definition) is 4. The normalized spacial score (nSPS) is 10.6. The maximum absolute atomic E-state index is 11.9.